The van der Waals surface area contributed by atoms with Gasteiger partial charge in [0.25, 0.3) is 5.91 Å². The van der Waals surface area contributed by atoms with E-state index in [1.807, 2.05) is 39.0 Å². The van der Waals surface area contributed by atoms with E-state index in [-0.39, 0.29) is 5.91 Å². The Morgan fingerprint density at radius 3 is 2.46 bits per heavy atom. The Kier molecular flexibility index (Phi) is 7.07. The van der Waals surface area contributed by atoms with Gasteiger partial charge >= 0.3 is 0 Å². The number of ether oxygens (including phenoxy) is 2. The third kappa shape index (κ3) is 5.51. The van der Waals surface area contributed by atoms with Gasteiger partial charge in [-0.2, -0.15) is 0 Å². The van der Waals surface area contributed by atoms with E-state index >= 15 is 0 Å². The van der Waals surface area contributed by atoms with E-state index in [1.165, 1.54) is 5.56 Å². The zero-order valence-electron chi connectivity index (χ0n) is 16.4. The SMILES string of the molecule is CCc1ccc(OCCNC(=O)[C@@H](C)Oc2cc(C)cc(C)c2C)cc1. The minimum absolute atomic E-state index is 0.145. The molecule has 0 radical (unpaired) electrons. The van der Waals surface area contributed by atoms with Crippen LogP contribution in [0, 0.1) is 20.8 Å². The number of hydrogen-bond acceptors (Lipinski definition) is 3. The predicted octanol–water partition coefficient (Wildman–Crippen LogP) is 4.14. The van der Waals surface area contributed by atoms with Crippen LogP contribution in [-0.2, 0) is 11.2 Å². The summed E-state index contributed by atoms with van der Waals surface area (Å²) >= 11 is 0. The number of aryl methyl sites for hydroxylation is 3. The molecule has 2 rings (SSSR count). The molecule has 0 heterocycles. The van der Waals surface area contributed by atoms with E-state index in [1.54, 1.807) is 6.92 Å². The standard InChI is InChI=1S/C22H29NO3/c1-6-19-7-9-20(10-8-19)25-12-11-23-22(24)18(5)26-21-14-15(2)13-16(3)17(21)4/h7-10,13-14,18H,6,11-12H2,1-5H3,(H,23,24)/t18-/m1/s1. The first-order chi connectivity index (χ1) is 12.4. The smallest absolute Gasteiger partial charge is 0.260 e. The van der Waals surface area contributed by atoms with E-state index in [9.17, 15) is 4.79 Å². The van der Waals surface area contributed by atoms with Crippen molar-refractivity contribution in [2.75, 3.05) is 13.2 Å². The third-order valence-corrected chi connectivity index (χ3v) is 4.44. The molecule has 0 saturated carbocycles. The van der Waals surface area contributed by atoms with Crippen molar-refractivity contribution in [2.45, 2.75) is 47.1 Å². The van der Waals surface area contributed by atoms with Crippen LogP contribution in [0.25, 0.3) is 0 Å². The molecule has 140 valence electrons. The van der Waals surface area contributed by atoms with Crippen molar-refractivity contribution in [3.63, 3.8) is 0 Å². The second-order valence-corrected chi connectivity index (χ2v) is 6.60. The van der Waals surface area contributed by atoms with E-state index in [4.69, 9.17) is 9.47 Å². The van der Waals surface area contributed by atoms with Crippen LogP contribution in [0.5, 0.6) is 11.5 Å². The van der Waals surface area contributed by atoms with Crippen LogP contribution in [0.15, 0.2) is 36.4 Å². The molecule has 26 heavy (non-hydrogen) atoms. The van der Waals surface area contributed by atoms with Crippen molar-refractivity contribution in [3.8, 4) is 11.5 Å². The number of nitrogens with one attached hydrogen (secondary N) is 1. The highest BCUT2D eigenvalue weighted by molar-refractivity contribution is 5.80. The molecule has 0 spiro atoms. The Morgan fingerprint density at radius 2 is 1.81 bits per heavy atom. The van der Waals surface area contributed by atoms with Crippen molar-refractivity contribution in [1.29, 1.82) is 0 Å². The Labute approximate surface area is 156 Å². The van der Waals surface area contributed by atoms with Gasteiger partial charge in [-0.05, 0) is 74.6 Å². The first-order valence-corrected chi connectivity index (χ1v) is 9.14. The summed E-state index contributed by atoms with van der Waals surface area (Å²) in [5.74, 6) is 1.43. The van der Waals surface area contributed by atoms with Gasteiger partial charge in [0.15, 0.2) is 6.10 Å². The molecular formula is C22H29NO3. The molecule has 0 aliphatic rings. The fourth-order valence-corrected chi connectivity index (χ4v) is 2.68. The molecule has 0 unspecified atom stereocenters. The van der Waals surface area contributed by atoms with Crippen molar-refractivity contribution in [1.82, 2.24) is 5.32 Å². The molecule has 1 N–H and O–H groups in total. The van der Waals surface area contributed by atoms with Gasteiger partial charge in [-0.15, -0.1) is 0 Å². The maximum absolute atomic E-state index is 12.2. The topological polar surface area (TPSA) is 47.6 Å². The van der Waals surface area contributed by atoms with Crippen molar-refractivity contribution in [3.05, 3.63) is 58.7 Å². The van der Waals surface area contributed by atoms with Crippen LogP contribution in [0.3, 0.4) is 0 Å². The summed E-state index contributed by atoms with van der Waals surface area (Å²) in [6.07, 6.45) is 0.451. The highest BCUT2D eigenvalue weighted by atomic mass is 16.5. The van der Waals surface area contributed by atoms with Crippen LogP contribution in [0.1, 0.15) is 36.1 Å². The van der Waals surface area contributed by atoms with Gasteiger partial charge in [0.05, 0.1) is 6.54 Å². The molecule has 0 aliphatic heterocycles. The molecule has 0 saturated heterocycles. The molecule has 2 aromatic rings. The Morgan fingerprint density at radius 1 is 1.12 bits per heavy atom. The van der Waals surface area contributed by atoms with Gasteiger partial charge in [0.1, 0.15) is 18.1 Å². The second-order valence-electron chi connectivity index (χ2n) is 6.60. The summed E-state index contributed by atoms with van der Waals surface area (Å²) in [6.45, 7) is 10.8. The van der Waals surface area contributed by atoms with Gasteiger partial charge in [0.2, 0.25) is 0 Å². The maximum atomic E-state index is 12.2. The monoisotopic (exact) mass is 355 g/mol. The van der Waals surface area contributed by atoms with Crippen LogP contribution in [-0.4, -0.2) is 25.2 Å². The lowest BCUT2D eigenvalue weighted by molar-refractivity contribution is -0.127. The average Bonchev–Trinajstić information content (AvgIpc) is 2.63. The average molecular weight is 355 g/mol. The number of carbonyl (C=O) groups is 1. The lowest BCUT2D eigenvalue weighted by Gasteiger charge is -2.18. The zero-order chi connectivity index (χ0) is 19.1. The number of benzene rings is 2. The molecule has 1 amide bonds. The predicted molar refractivity (Wildman–Crippen MR) is 105 cm³/mol. The minimum atomic E-state index is -0.557. The molecule has 0 fully saturated rings. The molecule has 0 aliphatic carbocycles. The fourth-order valence-electron chi connectivity index (χ4n) is 2.68. The van der Waals surface area contributed by atoms with Crippen LogP contribution >= 0.6 is 0 Å². The van der Waals surface area contributed by atoms with Gasteiger partial charge in [-0.3, -0.25) is 4.79 Å². The fraction of sp³-hybridized carbons (Fsp3) is 0.409. The summed E-state index contributed by atoms with van der Waals surface area (Å²) < 4.78 is 11.5. The lowest BCUT2D eigenvalue weighted by Crippen LogP contribution is -2.38. The van der Waals surface area contributed by atoms with Crippen molar-refractivity contribution in [2.24, 2.45) is 0 Å². The third-order valence-electron chi connectivity index (χ3n) is 4.44. The zero-order valence-corrected chi connectivity index (χ0v) is 16.4. The van der Waals surface area contributed by atoms with Gasteiger partial charge < -0.3 is 14.8 Å². The van der Waals surface area contributed by atoms with E-state index in [0.717, 1.165) is 34.6 Å². The Balaban J connectivity index is 1.78. The summed E-state index contributed by atoms with van der Waals surface area (Å²) in [4.78, 5) is 12.2. The van der Waals surface area contributed by atoms with Crippen LogP contribution < -0.4 is 14.8 Å². The second kappa shape index (κ2) is 9.27. The van der Waals surface area contributed by atoms with E-state index in [0.29, 0.717) is 13.2 Å². The molecule has 2 aromatic carbocycles. The summed E-state index contributed by atoms with van der Waals surface area (Å²) in [6, 6.07) is 12.1. The summed E-state index contributed by atoms with van der Waals surface area (Å²) in [5.41, 5.74) is 4.63. The molecule has 4 heteroatoms. The van der Waals surface area contributed by atoms with Crippen molar-refractivity contribution >= 4 is 5.91 Å². The van der Waals surface area contributed by atoms with E-state index < -0.39 is 6.10 Å². The first kappa shape index (κ1) is 19.8. The Bertz CT molecular complexity index is 738. The minimum Gasteiger partial charge on any atom is -0.492 e. The number of rotatable bonds is 8. The highest BCUT2D eigenvalue weighted by Gasteiger charge is 2.16. The van der Waals surface area contributed by atoms with Gasteiger partial charge in [-0.1, -0.05) is 25.1 Å². The number of amides is 1. The summed E-state index contributed by atoms with van der Waals surface area (Å²) in [5, 5.41) is 2.86. The highest BCUT2D eigenvalue weighted by Crippen LogP contribution is 2.24. The normalized spacial score (nSPS) is 11.7. The van der Waals surface area contributed by atoms with Crippen LogP contribution in [0.4, 0.5) is 0 Å². The van der Waals surface area contributed by atoms with Gasteiger partial charge in [-0.25, -0.2) is 0 Å². The number of hydrogen-bond donors (Lipinski definition) is 1. The molecule has 0 aromatic heterocycles. The molecular weight excluding hydrogens is 326 g/mol. The quantitative estimate of drug-likeness (QED) is 0.724. The maximum Gasteiger partial charge on any atom is 0.260 e. The molecule has 1 atom stereocenters. The molecule has 4 nitrogen and oxygen atoms in total. The van der Waals surface area contributed by atoms with E-state index in [2.05, 4.69) is 30.4 Å². The summed E-state index contributed by atoms with van der Waals surface area (Å²) in [7, 11) is 0. The first-order valence-electron chi connectivity index (χ1n) is 9.14. The largest absolute Gasteiger partial charge is 0.492 e. The lowest BCUT2D eigenvalue weighted by atomic mass is 10.1. The van der Waals surface area contributed by atoms with Crippen molar-refractivity contribution < 1.29 is 14.3 Å². The Hall–Kier alpha value is -2.49. The van der Waals surface area contributed by atoms with Crippen LogP contribution in [0.2, 0.25) is 0 Å². The van der Waals surface area contributed by atoms with Gasteiger partial charge in [0, 0.05) is 0 Å². The number of carbonyl (C=O) groups excluding carboxylic acids is 1. The molecule has 0 bridgehead atoms.